The molecule has 3 aromatic carbocycles. The Kier molecular flexibility index (Phi) is 7.15. The molecule has 4 rings (SSSR count). The van der Waals surface area contributed by atoms with Crippen LogP contribution in [0.15, 0.2) is 72.8 Å². The van der Waals surface area contributed by atoms with Crippen LogP contribution in [-0.2, 0) is 9.53 Å². The van der Waals surface area contributed by atoms with Crippen LogP contribution >= 0.6 is 0 Å². The maximum atomic E-state index is 13.0. The molecule has 0 N–H and O–H groups in total. The van der Waals surface area contributed by atoms with E-state index in [9.17, 15) is 19.2 Å². The molecule has 0 aliphatic carbocycles. The molecule has 1 unspecified atom stereocenters. The first-order valence-corrected chi connectivity index (χ1v) is 11.5. The monoisotopic (exact) mass is 486 g/mol. The van der Waals surface area contributed by atoms with E-state index in [4.69, 9.17) is 9.47 Å². The lowest BCUT2D eigenvalue weighted by Crippen LogP contribution is -2.33. The van der Waals surface area contributed by atoms with Gasteiger partial charge in [0.1, 0.15) is 5.75 Å². The van der Waals surface area contributed by atoms with E-state index >= 15 is 0 Å². The largest absolute Gasteiger partial charge is 0.494 e. The number of nitrogens with zero attached hydrogens (tertiary/aromatic N) is 2. The lowest BCUT2D eigenvalue weighted by Gasteiger charge is -2.25. The lowest BCUT2D eigenvalue weighted by molar-refractivity contribution is -0.135. The van der Waals surface area contributed by atoms with Gasteiger partial charge < -0.3 is 14.4 Å². The molecule has 3 amide bonds. The minimum Gasteiger partial charge on any atom is -0.494 e. The third-order valence-electron chi connectivity index (χ3n) is 6.11. The van der Waals surface area contributed by atoms with Crippen molar-refractivity contribution in [1.82, 2.24) is 4.90 Å². The van der Waals surface area contributed by atoms with Gasteiger partial charge in [0.15, 0.2) is 6.61 Å². The van der Waals surface area contributed by atoms with Gasteiger partial charge in [0.25, 0.3) is 17.7 Å². The summed E-state index contributed by atoms with van der Waals surface area (Å²) in [6, 6.07) is 20.1. The van der Waals surface area contributed by atoms with Crippen molar-refractivity contribution in [1.29, 1.82) is 0 Å². The number of rotatable bonds is 8. The predicted molar refractivity (Wildman–Crippen MR) is 133 cm³/mol. The van der Waals surface area contributed by atoms with Crippen LogP contribution in [0.25, 0.3) is 0 Å². The van der Waals surface area contributed by atoms with Crippen molar-refractivity contribution in [2.75, 3.05) is 25.2 Å². The summed E-state index contributed by atoms with van der Waals surface area (Å²) in [6.45, 7) is 3.79. The normalized spacial score (nSPS) is 13.2. The van der Waals surface area contributed by atoms with Gasteiger partial charge >= 0.3 is 5.97 Å². The first-order chi connectivity index (χ1) is 17.3. The smallest absolute Gasteiger partial charge is 0.338 e. The number of anilines is 1. The van der Waals surface area contributed by atoms with E-state index in [1.807, 2.05) is 44.2 Å². The van der Waals surface area contributed by atoms with Crippen molar-refractivity contribution in [3.05, 3.63) is 95.1 Å². The molecule has 0 saturated carbocycles. The van der Waals surface area contributed by atoms with Crippen LogP contribution < -0.4 is 9.64 Å². The van der Waals surface area contributed by atoms with Gasteiger partial charge in [0.2, 0.25) is 0 Å². The van der Waals surface area contributed by atoms with E-state index in [-0.39, 0.29) is 28.6 Å². The first kappa shape index (κ1) is 24.7. The molecule has 1 heterocycles. The maximum absolute atomic E-state index is 13.0. The van der Waals surface area contributed by atoms with Crippen LogP contribution in [0, 0.1) is 0 Å². The standard InChI is InChI=1S/C28H26N2O6/c1-4-35-22-13-11-21(12-14-22)30-26(32)23-15-10-20(16-24(23)27(30)33)28(34)36-17-25(31)29(3)18(2)19-8-6-5-7-9-19/h5-16,18H,4,17H2,1-3H3. The second kappa shape index (κ2) is 10.4. The van der Waals surface area contributed by atoms with Gasteiger partial charge in [0, 0.05) is 7.05 Å². The van der Waals surface area contributed by atoms with Crippen molar-refractivity contribution < 1.29 is 28.7 Å². The number of hydrogen-bond donors (Lipinski definition) is 0. The van der Waals surface area contributed by atoms with Crippen molar-refractivity contribution in [2.24, 2.45) is 0 Å². The SMILES string of the molecule is CCOc1ccc(N2C(=O)c3ccc(C(=O)OCC(=O)N(C)C(C)c4ccccc4)cc3C2=O)cc1. The molecule has 0 radical (unpaired) electrons. The average molecular weight is 487 g/mol. The zero-order valence-electron chi connectivity index (χ0n) is 20.3. The zero-order valence-corrected chi connectivity index (χ0v) is 20.3. The number of benzene rings is 3. The lowest BCUT2D eigenvalue weighted by atomic mass is 10.1. The van der Waals surface area contributed by atoms with Gasteiger partial charge in [-0.15, -0.1) is 0 Å². The molecule has 0 fully saturated rings. The van der Waals surface area contributed by atoms with E-state index in [1.54, 1.807) is 31.3 Å². The highest BCUT2D eigenvalue weighted by Crippen LogP contribution is 2.30. The fourth-order valence-electron chi connectivity index (χ4n) is 3.94. The van der Waals surface area contributed by atoms with E-state index in [1.165, 1.54) is 23.1 Å². The highest BCUT2D eigenvalue weighted by atomic mass is 16.5. The summed E-state index contributed by atoms with van der Waals surface area (Å²) in [5, 5.41) is 0. The fourth-order valence-corrected chi connectivity index (χ4v) is 3.94. The van der Waals surface area contributed by atoms with Gasteiger partial charge in [-0.2, -0.15) is 0 Å². The van der Waals surface area contributed by atoms with Crippen LogP contribution in [0.1, 0.15) is 56.5 Å². The van der Waals surface area contributed by atoms with Gasteiger partial charge in [-0.3, -0.25) is 14.4 Å². The Morgan fingerprint density at radius 2 is 1.58 bits per heavy atom. The summed E-state index contributed by atoms with van der Waals surface area (Å²) >= 11 is 0. The summed E-state index contributed by atoms with van der Waals surface area (Å²) in [4.78, 5) is 53.7. The number of carbonyl (C=O) groups is 4. The van der Waals surface area contributed by atoms with E-state index < -0.39 is 24.4 Å². The fraction of sp³-hybridized carbons (Fsp3) is 0.214. The number of carbonyl (C=O) groups excluding carboxylic acids is 4. The number of hydrogen-bond acceptors (Lipinski definition) is 6. The minimum absolute atomic E-state index is 0.0787. The number of imide groups is 1. The molecule has 0 aromatic heterocycles. The number of amides is 3. The van der Waals surface area contributed by atoms with Crippen molar-refractivity contribution in [3.8, 4) is 5.75 Å². The van der Waals surface area contributed by atoms with Gasteiger partial charge in [-0.25, -0.2) is 9.69 Å². The Balaban J connectivity index is 1.43. The van der Waals surface area contributed by atoms with Gasteiger partial charge in [0.05, 0.1) is 35.0 Å². The second-order valence-electron chi connectivity index (χ2n) is 8.30. The molecule has 0 saturated heterocycles. The van der Waals surface area contributed by atoms with Crippen LogP contribution in [0.4, 0.5) is 5.69 Å². The van der Waals surface area contributed by atoms with Gasteiger partial charge in [-0.1, -0.05) is 30.3 Å². The molecule has 0 bridgehead atoms. The molecule has 1 aliphatic heterocycles. The molecule has 184 valence electrons. The Morgan fingerprint density at radius 1 is 0.917 bits per heavy atom. The predicted octanol–water partition coefficient (Wildman–Crippen LogP) is 4.26. The molecule has 3 aromatic rings. The highest BCUT2D eigenvalue weighted by molar-refractivity contribution is 6.34. The quantitative estimate of drug-likeness (QED) is 0.349. The number of ether oxygens (including phenoxy) is 2. The summed E-state index contributed by atoms with van der Waals surface area (Å²) in [6.07, 6.45) is 0. The summed E-state index contributed by atoms with van der Waals surface area (Å²) < 4.78 is 10.6. The van der Waals surface area contributed by atoms with Crippen LogP contribution in [-0.4, -0.2) is 48.9 Å². The van der Waals surface area contributed by atoms with E-state index in [0.29, 0.717) is 18.0 Å². The Morgan fingerprint density at radius 3 is 2.25 bits per heavy atom. The summed E-state index contributed by atoms with van der Waals surface area (Å²) in [5.41, 5.74) is 1.73. The van der Waals surface area contributed by atoms with Gasteiger partial charge in [-0.05, 0) is 61.9 Å². The van der Waals surface area contributed by atoms with E-state index in [0.717, 1.165) is 10.5 Å². The molecule has 8 heteroatoms. The topological polar surface area (TPSA) is 93.2 Å². The Labute approximate surface area is 209 Å². The maximum Gasteiger partial charge on any atom is 0.338 e. The van der Waals surface area contributed by atoms with Crippen molar-refractivity contribution in [3.63, 3.8) is 0 Å². The Hall–Kier alpha value is -4.46. The molecule has 1 aliphatic rings. The van der Waals surface area contributed by atoms with Crippen LogP contribution in [0.3, 0.4) is 0 Å². The molecule has 1 atom stereocenters. The highest BCUT2D eigenvalue weighted by Gasteiger charge is 2.37. The van der Waals surface area contributed by atoms with Crippen molar-refractivity contribution >= 4 is 29.4 Å². The molecule has 36 heavy (non-hydrogen) atoms. The Bertz CT molecular complexity index is 1300. The van der Waals surface area contributed by atoms with Crippen LogP contribution in [0.5, 0.6) is 5.75 Å². The summed E-state index contributed by atoms with van der Waals surface area (Å²) in [5.74, 6) is -1.52. The average Bonchev–Trinajstić information content (AvgIpc) is 3.16. The number of esters is 1. The number of likely N-dealkylation sites (N-methyl/N-ethyl adjacent to an activating group) is 1. The third kappa shape index (κ3) is 4.84. The van der Waals surface area contributed by atoms with Crippen molar-refractivity contribution in [2.45, 2.75) is 19.9 Å². The molecular weight excluding hydrogens is 460 g/mol. The van der Waals surface area contributed by atoms with E-state index in [2.05, 4.69) is 0 Å². The molecular formula is C28H26N2O6. The zero-order chi connectivity index (χ0) is 25.8. The third-order valence-corrected chi connectivity index (χ3v) is 6.11. The molecule has 8 nitrogen and oxygen atoms in total. The molecule has 0 spiro atoms. The second-order valence-corrected chi connectivity index (χ2v) is 8.30. The number of fused-ring (bicyclic) bond motifs is 1. The van der Waals surface area contributed by atoms with Crippen LogP contribution in [0.2, 0.25) is 0 Å². The first-order valence-electron chi connectivity index (χ1n) is 11.5. The minimum atomic E-state index is -0.758. The summed E-state index contributed by atoms with van der Waals surface area (Å²) in [7, 11) is 1.64.